The van der Waals surface area contributed by atoms with Gasteiger partial charge < -0.3 is 4.74 Å². The van der Waals surface area contributed by atoms with Gasteiger partial charge in [-0.2, -0.15) is 13.2 Å². The van der Waals surface area contributed by atoms with E-state index in [4.69, 9.17) is 16.3 Å². The standard InChI is InChI=1S/C17H11ClF4N2O3/c1-23-13-4-3-9(7-10(13)15(25)24(2)16(23)26)27-14-11(18)5-8(6-12(14)19)17(20,21)22/h3-7H,1-2H3. The molecule has 10 heteroatoms. The van der Waals surface area contributed by atoms with Crippen LogP contribution in [0.25, 0.3) is 10.9 Å². The minimum atomic E-state index is -4.76. The highest BCUT2D eigenvalue weighted by Crippen LogP contribution is 2.38. The van der Waals surface area contributed by atoms with Crippen LogP contribution >= 0.6 is 11.6 Å². The lowest BCUT2D eigenvalue weighted by Gasteiger charge is -2.13. The molecule has 2 aromatic carbocycles. The van der Waals surface area contributed by atoms with Crippen molar-refractivity contribution in [2.75, 3.05) is 0 Å². The molecule has 5 nitrogen and oxygen atoms in total. The molecule has 0 bridgehead atoms. The topological polar surface area (TPSA) is 53.2 Å². The highest BCUT2D eigenvalue weighted by molar-refractivity contribution is 6.32. The Morgan fingerprint density at radius 1 is 1.04 bits per heavy atom. The summed E-state index contributed by atoms with van der Waals surface area (Å²) in [6.07, 6.45) is -4.76. The van der Waals surface area contributed by atoms with E-state index in [-0.39, 0.29) is 17.2 Å². The highest BCUT2D eigenvalue weighted by Gasteiger charge is 2.32. The minimum absolute atomic E-state index is 0.0289. The third kappa shape index (κ3) is 3.30. The number of ether oxygens (including phenoxy) is 1. The Labute approximate surface area is 154 Å². The van der Waals surface area contributed by atoms with Crippen molar-refractivity contribution in [2.24, 2.45) is 14.1 Å². The summed E-state index contributed by atoms with van der Waals surface area (Å²) < 4.78 is 59.6. The zero-order chi connectivity index (χ0) is 20.1. The molecule has 0 aliphatic carbocycles. The second kappa shape index (κ2) is 6.41. The van der Waals surface area contributed by atoms with Crippen molar-refractivity contribution < 1.29 is 22.3 Å². The molecule has 0 aliphatic heterocycles. The first kappa shape index (κ1) is 19.0. The molecule has 0 spiro atoms. The normalized spacial score (nSPS) is 11.8. The van der Waals surface area contributed by atoms with E-state index in [2.05, 4.69) is 0 Å². The summed E-state index contributed by atoms with van der Waals surface area (Å²) in [5.41, 5.74) is -2.07. The zero-order valence-electron chi connectivity index (χ0n) is 13.9. The molecule has 1 aromatic heterocycles. The van der Waals surface area contributed by atoms with Crippen LogP contribution in [0.5, 0.6) is 11.5 Å². The van der Waals surface area contributed by atoms with E-state index in [9.17, 15) is 27.2 Å². The predicted octanol–water partition coefficient (Wildman–Crippen LogP) is 3.84. The van der Waals surface area contributed by atoms with Crippen molar-refractivity contribution in [3.05, 3.63) is 67.6 Å². The monoisotopic (exact) mass is 402 g/mol. The number of alkyl halides is 3. The van der Waals surface area contributed by atoms with Crippen LogP contribution in [0, 0.1) is 5.82 Å². The van der Waals surface area contributed by atoms with Crippen molar-refractivity contribution in [1.29, 1.82) is 0 Å². The summed E-state index contributed by atoms with van der Waals surface area (Å²) >= 11 is 5.74. The SMILES string of the molecule is Cn1c(=O)c2cc(Oc3c(F)cc(C(F)(F)F)cc3Cl)ccc2n(C)c1=O. The third-order valence-electron chi connectivity index (χ3n) is 3.98. The molecule has 1 heterocycles. The van der Waals surface area contributed by atoms with Crippen molar-refractivity contribution in [3.63, 3.8) is 0 Å². The van der Waals surface area contributed by atoms with Crippen LogP contribution in [0.15, 0.2) is 39.9 Å². The first-order valence-corrected chi connectivity index (χ1v) is 7.82. The second-order valence-corrected chi connectivity index (χ2v) is 6.16. The quantitative estimate of drug-likeness (QED) is 0.612. The van der Waals surface area contributed by atoms with E-state index in [1.54, 1.807) is 0 Å². The number of aryl methyl sites for hydroxylation is 1. The first-order valence-electron chi connectivity index (χ1n) is 7.44. The number of halogens is 5. The van der Waals surface area contributed by atoms with Gasteiger partial charge in [-0.05, 0) is 30.3 Å². The van der Waals surface area contributed by atoms with E-state index in [0.29, 0.717) is 11.6 Å². The van der Waals surface area contributed by atoms with Crippen LogP contribution in [0.2, 0.25) is 5.02 Å². The number of rotatable bonds is 2. The summed E-state index contributed by atoms with van der Waals surface area (Å²) in [6, 6.07) is 4.82. The van der Waals surface area contributed by atoms with Gasteiger partial charge in [-0.25, -0.2) is 9.18 Å². The Bertz CT molecular complexity index is 1160. The van der Waals surface area contributed by atoms with E-state index >= 15 is 0 Å². The van der Waals surface area contributed by atoms with Gasteiger partial charge in [0.15, 0.2) is 11.6 Å². The van der Waals surface area contributed by atoms with E-state index < -0.39 is 39.6 Å². The van der Waals surface area contributed by atoms with Crippen LogP contribution in [0.3, 0.4) is 0 Å². The summed E-state index contributed by atoms with van der Waals surface area (Å²) in [6.45, 7) is 0. The molecule has 0 unspecified atom stereocenters. The van der Waals surface area contributed by atoms with Crippen LogP contribution < -0.4 is 16.0 Å². The fraction of sp³-hybridized carbons (Fsp3) is 0.176. The average molecular weight is 403 g/mol. The Kier molecular flexibility index (Phi) is 4.51. The molecular formula is C17H11ClF4N2O3. The average Bonchev–Trinajstić information content (AvgIpc) is 2.60. The largest absolute Gasteiger partial charge is 0.453 e. The molecule has 3 rings (SSSR count). The summed E-state index contributed by atoms with van der Waals surface area (Å²) in [7, 11) is 2.76. The van der Waals surface area contributed by atoms with Crippen molar-refractivity contribution >= 4 is 22.5 Å². The fourth-order valence-electron chi connectivity index (χ4n) is 2.58. The minimum Gasteiger partial charge on any atom is -0.453 e. The summed E-state index contributed by atoms with van der Waals surface area (Å²) in [4.78, 5) is 24.2. The Balaban J connectivity index is 2.11. The van der Waals surface area contributed by atoms with Gasteiger partial charge in [-0.3, -0.25) is 13.9 Å². The van der Waals surface area contributed by atoms with Gasteiger partial charge in [0.05, 0.1) is 21.5 Å². The maximum absolute atomic E-state index is 14.1. The molecule has 27 heavy (non-hydrogen) atoms. The molecule has 142 valence electrons. The van der Waals surface area contributed by atoms with Crippen molar-refractivity contribution in [1.82, 2.24) is 9.13 Å². The van der Waals surface area contributed by atoms with Crippen molar-refractivity contribution in [2.45, 2.75) is 6.18 Å². The smallest absolute Gasteiger partial charge is 0.416 e. The van der Waals surface area contributed by atoms with Gasteiger partial charge in [0.2, 0.25) is 0 Å². The Morgan fingerprint density at radius 3 is 2.30 bits per heavy atom. The fourth-order valence-corrected chi connectivity index (χ4v) is 2.82. The summed E-state index contributed by atoms with van der Waals surface area (Å²) in [5.74, 6) is -1.94. The number of hydrogen-bond acceptors (Lipinski definition) is 3. The molecule has 0 saturated heterocycles. The molecule has 0 fully saturated rings. The molecule has 0 saturated carbocycles. The lowest BCUT2D eigenvalue weighted by Crippen LogP contribution is -2.36. The van der Waals surface area contributed by atoms with Gasteiger partial charge >= 0.3 is 11.9 Å². The number of nitrogens with zero attached hydrogens (tertiary/aromatic N) is 2. The second-order valence-electron chi connectivity index (χ2n) is 5.75. The predicted molar refractivity (Wildman–Crippen MR) is 90.9 cm³/mol. The van der Waals surface area contributed by atoms with Crippen LogP contribution in [-0.4, -0.2) is 9.13 Å². The maximum Gasteiger partial charge on any atom is 0.416 e. The lowest BCUT2D eigenvalue weighted by atomic mass is 10.2. The number of benzene rings is 2. The van der Waals surface area contributed by atoms with Gasteiger partial charge in [-0.15, -0.1) is 0 Å². The lowest BCUT2D eigenvalue weighted by molar-refractivity contribution is -0.137. The molecular weight excluding hydrogens is 392 g/mol. The van der Waals surface area contributed by atoms with Gasteiger partial charge in [0.25, 0.3) is 5.56 Å². The summed E-state index contributed by atoms with van der Waals surface area (Å²) in [5, 5.41) is -0.462. The van der Waals surface area contributed by atoms with Gasteiger partial charge in [-0.1, -0.05) is 11.6 Å². The molecule has 3 aromatic rings. The highest BCUT2D eigenvalue weighted by atomic mass is 35.5. The Morgan fingerprint density at radius 2 is 1.70 bits per heavy atom. The molecule has 0 radical (unpaired) electrons. The van der Waals surface area contributed by atoms with Gasteiger partial charge in [0, 0.05) is 14.1 Å². The molecule has 0 amide bonds. The number of aromatic nitrogens is 2. The Hall–Kier alpha value is -2.81. The van der Waals surface area contributed by atoms with Crippen LogP contribution in [0.4, 0.5) is 17.6 Å². The van der Waals surface area contributed by atoms with E-state index in [1.807, 2.05) is 0 Å². The molecule has 0 atom stereocenters. The van der Waals surface area contributed by atoms with Gasteiger partial charge in [0.1, 0.15) is 5.75 Å². The third-order valence-corrected chi connectivity index (χ3v) is 4.26. The van der Waals surface area contributed by atoms with E-state index in [1.165, 1.54) is 36.9 Å². The van der Waals surface area contributed by atoms with E-state index in [0.717, 1.165) is 4.57 Å². The van der Waals surface area contributed by atoms with Crippen molar-refractivity contribution in [3.8, 4) is 11.5 Å². The number of fused-ring (bicyclic) bond motifs is 1. The van der Waals surface area contributed by atoms with Crippen LogP contribution in [-0.2, 0) is 20.3 Å². The number of hydrogen-bond donors (Lipinski definition) is 0. The maximum atomic E-state index is 14.1. The zero-order valence-corrected chi connectivity index (χ0v) is 14.7. The molecule has 0 aliphatic rings. The van der Waals surface area contributed by atoms with Crippen LogP contribution in [0.1, 0.15) is 5.56 Å². The molecule has 0 N–H and O–H groups in total. The first-order chi connectivity index (χ1) is 12.5.